The number of rotatable bonds is 6. The second kappa shape index (κ2) is 8.35. The highest BCUT2D eigenvalue weighted by Gasteiger charge is 2.13. The van der Waals surface area contributed by atoms with Crippen molar-refractivity contribution in [1.29, 1.82) is 0 Å². The van der Waals surface area contributed by atoms with Crippen molar-refractivity contribution in [3.8, 4) is 5.75 Å². The molecule has 3 nitrogen and oxygen atoms in total. The summed E-state index contributed by atoms with van der Waals surface area (Å²) >= 11 is 0. The molecule has 1 aromatic rings. The van der Waals surface area contributed by atoms with Crippen LogP contribution in [0.5, 0.6) is 5.75 Å². The molecule has 0 aliphatic heterocycles. The van der Waals surface area contributed by atoms with Gasteiger partial charge in [-0.15, -0.1) is 12.4 Å². The van der Waals surface area contributed by atoms with Crippen LogP contribution in [0.1, 0.15) is 19.4 Å². The maximum atomic E-state index is 5.81. The first-order valence-corrected chi connectivity index (χ1v) is 6.12. The van der Waals surface area contributed by atoms with Gasteiger partial charge in [-0.3, -0.25) is 0 Å². The van der Waals surface area contributed by atoms with E-state index in [1.54, 1.807) is 7.11 Å². The number of hydrogen-bond donors (Lipinski definition) is 1. The van der Waals surface area contributed by atoms with Crippen molar-refractivity contribution in [2.24, 2.45) is 5.73 Å². The minimum atomic E-state index is 0. The van der Waals surface area contributed by atoms with Gasteiger partial charge in [0.2, 0.25) is 0 Å². The Bertz CT molecular complexity index is 344. The van der Waals surface area contributed by atoms with Crippen molar-refractivity contribution < 1.29 is 4.74 Å². The molecule has 104 valence electrons. The van der Waals surface area contributed by atoms with Crippen molar-refractivity contribution >= 4 is 12.4 Å². The van der Waals surface area contributed by atoms with Gasteiger partial charge in [0.1, 0.15) is 5.75 Å². The van der Waals surface area contributed by atoms with Gasteiger partial charge in [0, 0.05) is 18.6 Å². The standard InChI is InChI=1S/C14H24N2O.ClH/c1-11(15)10-16(3)12(2)9-13-7-5-6-8-14(13)17-4;/h5-8,11-12H,9-10,15H2,1-4H3;1H. The second-order valence-corrected chi connectivity index (χ2v) is 4.78. The molecular formula is C14H25ClN2O. The first kappa shape index (κ1) is 17.2. The molecule has 1 aromatic carbocycles. The fourth-order valence-corrected chi connectivity index (χ4v) is 1.98. The minimum Gasteiger partial charge on any atom is -0.496 e. The van der Waals surface area contributed by atoms with E-state index in [1.807, 2.05) is 19.1 Å². The Kier molecular flexibility index (Phi) is 8.00. The van der Waals surface area contributed by atoms with Crippen LogP contribution in [0.2, 0.25) is 0 Å². The van der Waals surface area contributed by atoms with Crippen molar-refractivity contribution in [2.75, 3.05) is 20.7 Å². The quantitative estimate of drug-likeness (QED) is 0.864. The third-order valence-corrected chi connectivity index (χ3v) is 3.04. The molecule has 2 N–H and O–H groups in total. The van der Waals surface area contributed by atoms with Gasteiger partial charge < -0.3 is 15.4 Å². The fourth-order valence-electron chi connectivity index (χ4n) is 1.98. The van der Waals surface area contributed by atoms with Gasteiger partial charge in [-0.2, -0.15) is 0 Å². The molecule has 2 atom stereocenters. The fraction of sp³-hybridized carbons (Fsp3) is 0.571. The van der Waals surface area contributed by atoms with E-state index >= 15 is 0 Å². The molecule has 0 aliphatic rings. The van der Waals surface area contributed by atoms with Crippen LogP contribution in [0.15, 0.2) is 24.3 Å². The van der Waals surface area contributed by atoms with Crippen molar-refractivity contribution in [3.63, 3.8) is 0 Å². The predicted octanol–water partition coefficient (Wildman–Crippen LogP) is 2.33. The smallest absolute Gasteiger partial charge is 0.122 e. The van der Waals surface area contributed by atoms with Crippen molar-refractivity contribution in [3.05, 3.63) is 29.8 Å². The zero-order valence-corrected chi connectivity index (χ0v) is 12.5. The number of benzene rings is 1. The topological polar surface area (TPSA) is 38.5 Å². The number of para-hydroxylation sites is 1. The summed E-state index contributed by atoms with van der Waals surface area (Å²) < 4.78 is 5.36. The van der Waals surface area contributed by atoms with Crippen molar-refractivity contribution in [2.45, 2.75) is 32.4 Å². The van der Waals surface area contributed by atoms with Crippen LogP contribution in [0.4, 0.5) is 0 Å². The summed E-state index contributed by atoms with van der Waals surface area (Å²) in [6.45, 7) is 5.16. The Morgan fingerprint density at radius 1 is 1.28 bits per heavy atom. The predicted molar refractivity (Wildman–Crippen MR) is 79.7 cm³/mol. The highest BCUT2D eigenvalue weighted by atomic mass is 35.5. The first-order chi connectivity index (χ1) is 8.04. The first-order valence-electron chi connectivity index (χ1n) is 6.12. The molecule has 2 unspecified atom stereocenters. The zero-order valence-electron chi connectivity index (χ0n) is 11.7. The van der Waals surface area contributed by atoms with Crippen LogP contribution >= 0.6 is 12.4 Å². The van der Waals surface area contributed by atoms with E-state index in [0.717, 1.165) is 18.7 Å². The van der Waals surface area contributed by atoms with Crippen LogP contribution in [-0.4, -0.2) is 37.7 Å². The molecular weight excluding hydrogens is 248 g/mol. The van der Waals surface area contributed by atoms with Gasteiger partial charge in [0.05, 0.1) is 7.11 Å². The summed E-state index contributed by atoms with van der Waals surface area (Å²) in [5, 5.41) is 0. The monoisotopic (exact) mass is 272 g/mol. The average molecular weight is 273 g/mol. The van der Waals surface area contributed by atoms with E-state index in [4.69, 9.17) is 10.5 Å². The summed E-state index contributed by atoms with van der Waals surface area (Å²) in [4.78, 5) is 2.29. The number of halogens is 1. The molecule has 0 saturated carbocycles. The molecule has 4 heteroatoms. The lowest BCUT2D eigenvalue weighted by molar-refractivity contribution is 0.243. The highest BCUT2D eigenvalue weighted by molar-refractivity contribution is 5.85. The molecule has 0 spiro atoms. The summed E-state index contributed by atoms with van der Waals surface area (Å²) in [5.74, 6) is 0.966. The van der Waals surface area contributed by atoms with E-state index < -0.39 is 0 Å². The van der Waals surface area contributed by atoms with E-state index in [0.29, 0.717) is 6.04 Å². The summed E-state index contributed by atoms with van der Waals surface area (Å²) in [5.41, 5.74) is 7.06. The minimum absolute atomic E-state index is 0. The second-order valence-electron chi connectivity index (χ2n) is 4.78. The van der Waals surface area contributed by atoms with E-state index in [2.05, 4.69) is 31.0 Å². The van der Waals surface area contributed by atoms with Gasteiger partial charge in [0.15, 0.2) is 0 Å². The molecule has 0 amide bonds. The van der Waals surface area contributed by atoms with Crippen LogP contribution < -0.4 is 10.5 Å². The normalized spacial score (nSPS) is 13.9. The Morgan fingerprint density at radius 3 is 2.44 bits per heavy atom. The zero-order chi connectivity index (χ0) is 12.8. The largest absolute Gasteiger partial charge is 0.496 e. The lowest BCUT2D eigenvalue weighted by atomic mass is 10.0. The number of methoxy groups -OCH3 is 1. The van der Waals surface area contributed by atoms with Crippen LogP contribution in [0, 0.1) is 0 Å². The molecule has 0 radical (unpaired) electrons. The lowest BCUT2D eigenvalue weighted by Crippen LogP contribution is -2.39. The SMILES string of the molecule is COc1ccccc1CC(C)N(C)CC(C)N.Cl. The van der Waals surface area contributed by atoms with Crippen LogP contribution in [0.3, 0.4) is 0 Å². The van der Waals surface area contributed by atoms with E-state index in [9.17, 15) is 0 Å². The molecule has 0 aromatic heterocycles. The van der Waals surface area contributed by atoms with E-state index in [-0.39, 0.29) is 18.4 Å². The number of nitrogens with two attached hydrogens (primary N) is 1. The summed E-state index contributed by atoms with van der Waals surface area (Å²) in [6.07, 6.45) is 0.979. The lowest BCUT2D eigenvalue weighted by Gasteiger charge is -2.26. The Balaban J connectivity index is 0.00000289. The van der Waals surface area contributed by atoms with Gasteiger partial charge >= 0.3 is 0 Å². The van der Waals surface area contributed by atoms with E-state index in [1.165, 1.54) is 5.56 Å². The van der Waals surface area contributed by atoms with Gasteiger partial charge in [0.25, 0.3) is 0 Å². The number of ether oxygens (including phenoxy) is 1. The average Bonchev–Trinajstić information content (AvgIpc) is 2.28. The molecule has 0 fully saturated rings. The van der Waals surface area contributed by atoms with Crippen LogP contribution in [0.25, 0.3) is 0 Å². The molecule has 18 heavy (non-hydrogen) atoms. The Labute approximate surface area is 117 Å². The maximum absolute atomic E-state index is 5.81. The van der Waals surface area contributed by atoms with Gasteiger partial charge in [-0.1, -0.05) is 18.2 Å². The Hall–Kier alpha value is -0.770. The summed E-state index contributed by atoms with van der Waals surface area (Å²) in [6, 6.07) is 8.84. The number of likely N-dealkylation sites (N-methyl/N-ethyl adjacent to an activating group) is 1. The summed E-state index contributed by atoms with van der Waals surface area (Å²) in [7, 11) is 3.83. The third-order valence-electron chi connectivity index (χ3n) is 3.04. The number of hydrogen-bond acceptors (Lipinski definition) is 3. The highest BCUT2D eigenvalue weighted by Crippen LogP contribution is 2.20. The molecule has 0 aliphatic carbocycles. The van der Waals surface area contributed by atoms with Crippen molar-refractivity contribution in [1.82, 2.24) is 4.90 Å². The molecule has 1 rings (SSSR count). The maximum Gasteiger partial charge on any atom is 0.122 e. The molecule has 0 saturated heterocycles. The van der Waals surface area contributed by atoms with Crippen LogP contribution in [-0.2, 0) is 6.42 Å². The molecule has 0 bridgehead atoms. The van der Waals surface area contributed by atoms with Gasteiger partial charge in [-0.05, 0) is 38.9 Å². The number of nitrogens with zero attached hydrogens (tertiary/aromatic N) is 1. The Morgan fingerprint density at radius 2 is 1.89 bits per heavy atom. The third kappa shape index (κ3) is 5.25. The van der Waals surface area contributed by atoms with Gasteiger partial charge in [-0.25, -0.2) is 0 Å². The molecule has 0 heterocycles.